The summed E-state index contributed by atoms with van der Waals surface area (Å²) in [5, 5.41) is 9.19. The molecule has 0 aliphatic rings. The number of nitrogens with zero attached hydrogens (tertiary/aromatic N) is 3. The molecule has 2 aromatic heterocycles. The van der Waals surface area contributed by atoms with Crippen LogP contribution in [0.5, 0.6) is 0 Å². The van der Waals surface area contributed by atoms with Gasteiger partial charge in [0.25, 0.3) is 0 Å². The van der Waals surface area contributed by atoms with Crippen LogP contribution in [-0.2, 0) is 6.54 Å². The van der Waals surface area contributed by atoms with Crippen molar-refractivity contribution in [1.29, 1.82) is 0 Å². The van der Waals surface area contributed by atoms with Gasteiger partial charge in [-0.2, -0.15) is 0 Å². The SMILES string of the molecule is C=CCSc1nnc(-c2ccco2)n1CC. The minimum atomic E-state index is 0.750. The molecule has 0 radical (unpaired) electrons. The maximum Gasteiger partial charge on any atom is 0.200 e. The van der Waals surface area contributed by atoms with Crippen molar-refractivity contribution < 1.29 is 4.42 Å². The van der Waals surface area contributed by atoms with E-state index in [0.29, 0.717) is 0 Å². The summed E-state index contributed by atoms with van der Waals surface area (Å²) < 4.78 is 7.36. The highest BCUT2D eigenvalue weighted by Crippen LogP contribution is 2.23. The van der Waals surface area contributed by atoms with Gasteiger partial charge in [0.1, 0.15) is 0 Å². The number of furan rings is 1. The quantitative estimate of drug-likeness (QED) is 0.590. The second kappa shape index (κ2) is 5.03. The standard InChI is InChI=1S/C11H13N3OS/c1-3-8-16-11-13-12-10(14(11)4-2)9-6-5-7-15-9/h3,5-7H,1,4,8H2,2H3. The summed E-state index contributed by atoms with van der Waals surface area (Å²) in [5.74, 6) is 2.36. The third kappa shape index (κ3) is 2.04. The Morgan fingerprint density at radius 2 is 2.44 bits per heavy atom. The van der Waals surface area contributed by atoms with Crippen molar-refractivity contribution >= 4 is 11.8 Å². The lowest BCUT2D eigenvalue weighted by Gasteiger charge is -2.03. The van der Waals surface area contributed by atoms with E-state index in [1.165, 1.54) is 0 Å². The van der Waals surface area contributed by atoms with Crippen molar-refractivity contribution in [2.45, 2.75) is 18.6 Å². The molecule has 0 aliphatic heterocycles. The molecule has 0 atom stereocenters. The molecule has 0 spiro atoms. The minimum absolute atomic E-state index is 0.750. The van der Waals surface area contributed by atoms with Crippen LogP contribution >= 0.6 is 11.8 Å². The maximum absolute atomic E-state index is 5.33. The molecule has 0 aliphatic carbocycles. The first kappa shape index (κ1) is 11.0. The Bertz CT molecular complexity index is 462. The fourth-order valence-electron chi connectivity index (χ4n) is 1.40. The van der Waals surface area contributed by atoms with Gasteiger partial charge in [0.05, 0.1) is 6.26 Å². The van der Waals surface area contributed by atoms with Crippen molar-refractivity contribution in [3.63, 3.8) is 0 Å². The van der Waals surface area contributed by atoms with Crippen molar-refractivity contribution in [1.82, 2.24) is 14.8 Å². The smallest absolute Gasteiger partial charge is 0.200 e. The van der Waals surface area contributed by atoms with E-state index in [-0.39, 0.29) is 0 Å². The summed E-state index contributed by atoms with van der Waals surface area (Å²) in [5.41, 5.74) is 0. The molecule has 16 heavy (non-hydrogen) atoms. The van der Waals surface area contributed by atoms with Crippen LogP contribution < -0.4 is 0 Å². The van der Waals surface area contributed by atoms with Crippen molar-refractivity contribution in [3.05, 3.63) is 31.1 Å². The van der Waals surface area contributed by atoms with Gasteiger partial charge in [0.15, 0.2) is 16.7 Å². The second-order valence-corrected chi connectivity index (χ2v) is 4.11. The largest absolute Gasteiger partial charge is 0.461 e. The molecule has 2 rings (SSSR count). The molecule has 4 nitrogen and oxygen atoms in total. The van der Waals surface area contributed by atoms with Crippen LogP contribution in [0.1, 0.15) is 6.92 Å². The van der Waals surface area contributed by atoms with E-state index >= 15 is 0 Å². The summed E-state index contributed by atoms with van der Waals surface area (Å²) in [7, 11) is 0. The Hall–Kier alpha value is -1.49. The number of hydrogen-bond acceptors (Lipinski definition) is 4. The lowest BCUT2D eigenvalue weighted by Crippen LogP contribution is -1.99. The molecule has 0 amide bonds. The van der Waals surface area contributed by atoms with Crippen LogP contribution in [0.15, 0.2) is 40.6 Å². The van der Waals surface area contributed by atoms with E-state index in [0.717, 1.165) is 29.0 Å². The highest BCUT2D eigenvalue weighted by Gasteiger charge is 2.14. The molecular weight excluding hydrogens is 222 g/mol. The summed E-state index contributed by atoms with van der Waals surface area (Å²) in [6.07, 6.45) is 3.49. The van der Waals surface area contributed by atoms with E-state index < -0.39 is 0 Å². The monoisotopic (exact) mass is 235 g/mol. The fraction of sp³-hybridized carbons (Fsp3) is 0.273. The lowest BCUT2D eigenvalue weighted by atomic mass is 10.4. The molecule has 2 heterocycles. The van der Waals surface area contributed by atoms with Gasteiger partial charge in [0, 0.05) is 12.3 Å². The minimum Gasteiger partial charge on any atom is -0.461 e. The molecule has 2 aromatic rings. The molecule has 0 bridgehead atoms. The number of aromatic nitrogens is 3. The number of thioether (sulfide) groups is 1. The predicted octanol–water partition coefficient (Wildman–Crippen LogP) is 2.84. The van der Waals surface area contributed by atoms with Gasteiger partial charge >= 0.3 is 0 Å². The number of hydrogen-bond donors (Lipinski definition) is 0. The highest BCUT2D eigenvalue weighted by atomic mass is 32.2. The molecular formula is C11H13N3OS. The van der Waals surface area contributed by atoms with E-state index in [4.69, 9.17) is 4.42 Å². The van der Waals surface area contributed by atoms with Gasteiger partial charge in [-0.1, -0.05) is 17.8 Å². The maximum atomic E-state index is 5.33. The zero-order valence-corrected chi connectivity index (χ0v) is 9.91. The van der Waals surface area contributed by atoms with Crippen LogP contribution in [0.3, 0.4) is 0 Å². The van der Waals surface area contributed by atoms with Gasteiger partial charge < -0.3 is 4.42 Å². The summed E-state index contributed by atoms with van der Waals surface area (Å²) in [6, 6.07) is 3.73. The molecule has 5 heteroatoms. The van der Waals surface area contributed by atoms with Crippen LogP contribution in [-0.4, -0.2) is 20.5 Å². The molecule has 0 N–H and O–H groups in total. The van der Waals surface area contributed by atoms with Gasteiger partial charge in [-0.05, 0) is 19.1 Å². The van der Waals surface area contributed by atoms with Gasteiger partial charge in [-0.15, -0.1) is 16.8 Å². The van der Waals surface area contributed by atoms with Crippen LogP contribution in [0.2, 0.25) is 0 Å². The summed E-state index contributed by atoms with van der Waals surface area (Å²) in [4.78, 5) is 0. The lowest BCUT2D eigenvalue weighted by molar-refractivity contribution is 0.567. The third-order valence-corrected chi connectivity index (χ3v) is 3.07. The normalized spacial score (nSPS) is 10.6. The van der Waals surface area contributed by atoms with Crippen molar-refractivity contribution in [2.75, 3.05) is 5.75 Å². The molecule has 84 valence electrons. The molecule has 0 fully saturated rings. The third-order valence-electron chi connectivity index (χ3n) is 2.10. The molecule has 0 saturated carbocycles. The molecule has 0 unspecified atom stereocenters. The van der Waals surface area contributed by atoms with E-state index in [2.05, 4.69) is 23.7 Å². The Morgan fingerprint density at radius 3 is 3.06 bits per heavy atom. The summed E-state index contributed by atoms with van der Waals surface area (Å²) in [6.45, 7) is 6.58. The van der Waals surface area contributed by atoms with E-state index in [1.54, 1.807) is 18.0 Å². The zero-order chi connectivity index (χ0) is 11.4. The van der Waals surface area contributed by atoms with Gasteiger partial charge in [-0.25, -0.2) is 0 Å². The second-order valence-electron chi connectivity index (χ2n) is 3.13. The fourth-order valence-corrected chi connectivity index (χ4v) is 2.14. The van der Waals surface area contributed by atoms with Crippen molar-refractivity contribution in [3.8, 4) is 11.6 Å². The first-order valence-corrected chi connectivity index (χ1v) is 6.06. The number of rotatable bonds is 5. The Labute approximate surface area is 98.4 Å². The van der Waals surface area contributed by atoms with E-state index in [9.17, 15) is 0 Å². The van der Waals surface area contributed by atoms with Crippen LogP contribution in [0.4, 0.5) is 0 Å². The first-order valence-electron chi connectivity index (χ1n) is 5.07. The van der Waals surface area contributed by atoms with Crippen molar-refractivity contribution in [2.24, 2.45) is 0 Å². The van der Waals surface area contributed by atoms with Crippen LogP contribution in [0.25, 0.3) is 11.6 Å². The summed E-state index contributed by atoms with van der Waals surface area (Å²) >= 11 is 1.62. The Balaban J connectivity index is 2.33. The average Bonchev–Trinajstić information content (AvgIpc) is 2.94. The zero-order valence-electron chi connectivity index (χ0n) is 9.09. The first-order chi connectivity index (χ1) is 7.86. The van der Waals surface area contributed by atoms with E-state index in [1.807, 2.05) is 22.8 Å². The van der Waals surface area contributed by atoms with Gasteiger partial charge in [0.2, 0.25) is 0 Å². The molecule has 0 saturated heterocycles. The average molecular weight is 235 g/mol. The molecule has 0 aromatic carbocycles. The predicted molar refractivity (Wildman–Crippen MR) is 64.3 cm³/mol. The topological polar surface area (TPSA) is 43.9 Å². The van der Waals surface area contributed by atoms with Crippen LogP contribution in [0, 0.1) is 0 Å². The highest BCUT2D eigenvalue weighted by molar-refractivity contribution is 7.99. The van der Waals surface area contributed by atoms with Gasteiger partial charge in [-0.3, -0.25) is 4.57 Å². The Morgan fingerprint density at radius 1 is 1.56 bits per heavy atom. The Kier molecular flexibility index (Phi) is 3.46.